The molecule has 3 rings (SSSR count). The first-order valence-electron chi connectivity index (χ1n) is 7.35. The molecule has 0 fully saturated rings. The fourth-order valence-corrected chi connectivity index (χ4v) is 2.32. The summed E-state index contributed by atoms with van der Waals surface area (Å²) in [6, 6.07) is 8.73. The van der Waals surface area contributed by atoms with E-state index in [1.807, 2.05) is 24.3 Å². The number of hydrogen-bond acceptors (Lipinski definition) is 4. The first kappa shape index (κ1) is 16.6. The minimum atomic E-state index is -2.88. The summed E-state index contributed by atoms with van der Waals surface area (Å²) >= 11 is 0. The Hall–Kier alpha value is -3.23. The lowest BCUT2D eigenvalue weighted by atomic mass is 10.2. The summed E-state index contributed by atoms with van der Waals surface area (Å²) in [6.07, 6.45) is 4.20. The zero-order valence-electron chi connectivity index (χ0n) is 13.3. The molecule has 0 bridgehead atoms. The maximum atomic E-state index is 12.8. The molecular formula is C16H15F2N5O2. The van der Waals surface area contributed by atoms with Gasteiger partial charge in [-0.1, -0.05) is 12.1 Å². The van der Waals surface area contributed by atoms with Crippen molar-refractivity contribution in [2.24, 2.45) is 0 Å². The molecule has 1 amide bonds. The van der Waals surface area contributed by atoms with Gasteiger partial charge in [0.05, 0.1) is 25.5 Å². The Morgan fingerprint density at radius 1 is 1.32 bits per heavy atom. The van der Waals surface area contributed by atoms with Gasteiger partial charge in [0.2, 0.25) is 0 Å². The molecule has 3 aromatic rings. The molecule has 0 unspecified atom stereocenters. The summed E-state index contributed by atoms with van der Waals surface area (Å²) in [5.74, 6) is 0.0529. The van der Waals surface area contributed by atoms with E-state index in [0.29, 0.717) is 16.9 Å². The van der Waals surface area contributed by atoms with Crippen LogP contribution >= 0.6 is 0 Å². The predicted molar refractivity (Wildman–Crippen MR) is 85.8 cm³/mol. The number of alkyl halides is 2. The molecule has 0 radical (unpaired) electrons. The van der Waals surface area contributed by atoms with Gasteiger partial charge in [-0.3, -0.25) is 9.48 Å². The lowest BCUT2D eigenvalue weighted by Gasteiger charge is -2.06. The van der Waals surface area contributed by atoms with E-state index in [4.69, 9.17) is 4.74 Å². The minimum Gasteiger partial charge on any atom is -0.497 e. The Bertz CT molecular complexity index is 875. The van der Waals surface area contributed by atoms with Gasteiger partial charge in [-0.2, -0.15) is 23.7 Å². The summed E-state index contributed by atoms with van der Waals surface area (Å²) < 4.78 is 32.7. The number of halogens is 2. The molecule has 0 spiro atoms. The standard InChI is InChI=1S/C16H15F2N5O2/c1-25-13-4-2-3-11(7-13)9-22-10-12(8-20-22)21-15(24)14-5-6-19-23(14)16(17)18/h2-8,10,16H,9H2,1H3,(H,21,24). The van der Waals surface area contributed by atoms with Crippen LogP contribution in [0, 0.1) is 0 Å². The molecule has 0 aliphatic rings. The molecular weight excluding hydrogens is 332 g/mol. The first-order valence-corrected chi connectivity index (χ1v) is 7.35. The molecule has 0 aliphatic heterocycles. The van der Waals surface area contributed by atoms with Crippen molar-refractivity contribution in [3.8, 4) is 5.75 Å². The number of rotatable bonds is 6. The van der Waals surface area contributed by atoms with Crippen LogP contribution in [0.4, 0.5) is 14.5 Å². The van der Waals surface area contributed by atoms with Gasteiger partial charge in [-0.15, -0.1) is 0 Å². The van der Waals surface area contributed by atoms with Crippen molar-refractivity contribution in [1.29, 1.82) is 0 Å². The highest BCUT2D eigenvalue weighted by molar-refractivity contribution is 6.02. The second-order valence-corrected chi connectivity index (χ2v) is 5.17. The number of aromatic nitrogens is 4. The number of nitrogens with one attached hydrogen (secondary N) is 1. The monoisotopic (exact) mass is 347 g/mol. The van der Waals surface area contributed by atoms with Crippen molar-refractivity contribution in [2.75, 3.05) is 12.4 Å². The van der Waals surface area contributed by atoms with Gasteiger partial charge < -0.3 is 10.1 Å². The Morgan fingerprint density at radius 3 is 2.92 bits per heavy atom. The molecule has 130 valence electrons. The molecule has 25 heavy (non-hydrogen) atoms. The van der Waals surface area contributed by atoms with Crippen LogP contribution in [-0.4, -0.2) is 32.6 Å². The summed E-state index contributed by atoms with van der Waals surface area (Å²) in [4.78, 5) is 12.1. The average Bonchev–Trinajstić information content (AvgIpc) is 3.24. The van der Waals surface area contributed by atoms with E-state index >= 15 is 0 Å². The van der Waals surface area contributed by atoms with Crippen LogP contribution in [0.25, 0.3) is 0 Å². The van der Waals surface area contributed by atoms with E-state index in [1.54, 1.807) is 18.0 Å². The van der Waals surface area contributed by atoms with Crippen LogP contribution in [-0.2, 0) is 6.54 Å². The second kappa shape index (κ2) is 7.12. The molecule has 0 saturated heterocycles. The van der Waals surface area contributed by atoms with Crippen molar-refractivity contribution < 1.29 is 18.3 Å². The van der Waals surface area contributed by atoms with Crippen LogP contribution in [0.2, 0.25) is 0 Å². The largest absolute Gasteiger partial charge is 0.497 e. The van der Waals surface area contributed by atoms with Gasteiger partial charge in [-0.25, -0.2) is 0 Å². The SMILES string of the molecule is COc1cccc(Cn2cc(NC(=O)c3ccnn3C(F)F)cn2)c1. The molecule has 0 saturated carbocycles. The summed E-state index contributed by atoms with van der Waals surface area (Å²) in [7, 11) is 1.59. The third kappa shape index (κ3) is 3.82. The fourth-order valence-electron chi connectivity index (χ4n) is 2.32. The Balaban J connectivity index is 1.69. The number of hydrogen-bond donors (Lipinski definition) is 1. The topological polar surface area (TPSA) is 74.0 Å². The fraction of sp³-hybridized carbons (Fsp3) is 0.188. The minimum absolute atomic E-state index is 0.226. The smallest absolute Gasteiger partial charge is 0.333 e. The van der Waals surface area contributed by atoms with Gasteiger partial charge in [0, 0.05) is 12.4 Å². The molecule has 7 nitrogen and oxygen atoms in total. The maximum Gasteiger partial charge on any atom is 0.333 e. The van der Waals surface area contributed by atoms with Gasteiger partial charge in [0.25, 0.3) is 5.91 Å². The highest BCUT2D eigenvalue weighted by Gasteiger charge is 2.18. The van der Waals surface area contributed by atoms with Crippen molar-refractivity contribution in [2.45, 2.75) is 13.1 Å². The van der Waals surface area contributed by atoms with Gasteiger partial charge >= 0.3 is 6.55 Å². The molecule has 1 N–H and O–H groups in total. The highest BCUT2D eigenvalue weighted by atomic mass is 19.3. The number of amides is 1. The van der Waals surface area contributed by atoms with E-state index in [1.165, 1.54) is 12.3 Å². The molecule has 1 aromatic carbocycles. The number of ether oxygens (including phenoxy) is 1. The Labute approximate surface area is 141 Å². The van der Waals surface area contributed by atoms with Crippen LogP contribution < -0.4 is 10.1 Å². The normalized spacial score (nSPS) is 10.9. The van der Waals surface area contributed by atoms with Crippen LogP contribution in [0.15, 0.2) is 48.9 Å². The van der Waals surface area contributed by atoms with Crippen LogP contribution in [0.1, 0.15) is 22.6 Å². The molecule has 9 heteroatoms. The zero-order chi connectivity index (χ0) is 17.8. The highest BCUT2D eigenvalue weighted by Crippen LogP contribution is 2.16. The summed E-state index contributed by atoms with van der Waals surface area (Å²) in [5.41, 5.74) is 1.14. The quantitative estimate of drug-likeness (QED) is 0.744. The zero-order valence-corrected chi connectivity index (χ0v) is 13.3. The van der Waals surface area contributed by atoms with Gasteiger partial charge in [0.15, 0.2) is 0 Å². The van der Waals surface area contributed by atoms with E-state index in [0.717, 1.165) is 17.5 Å². The van der Waals surface area contributed by atoms with Crippen molar-refractivity contribution >= 4 is 11.6 Å². The van der Waals surface area contributed by atoms with Crippen LogP contribution in [0.5, 0.6) is 5.75 Å². The molecule has 0 aliphatic carbocycles. The lowest BCUT2D eigenvalue weighted by molar-refractivity contribution is 0.0520. The number of nitrogens with zero attached hydrogens (tertiary/aromatic N) is 4. The predicted octanol–water partition coefficient (Wildman–Crippen LogP) is 2.78. The molecule has 0 atom stereocenters. The van der Waals surface area contributed by atoms with Crippen molar-refractivity contribution in [3.63, 3.8) is 0 Å². The lowest BCUT2D eigenvalue weighted by Crippen LogP contribution is -2.18. The Morgan fingerprint density at radius 2 is 2.16 bits per heavy atom. The third-order valence-corrected chi connectivity index (χ3v) is 3.46. The van der Waals surface area contributed by atoms with Gasteiger partial charge in [-0.05, 0) is 23.8 Å². The summed E-state index contributed by atoms with van der Waals surface area (Å²) in [6.45, 7) is -2.41. The first-order chi connectivity index (χ1) is 12.1. The molecule has 2 aromatic heterocycles. The number of carbonyl (C=O) groups is 1. The van der Waals surface area contributed by atoms with E-state index in [9.17, 15) is 13.6 Å². The number of anilines is 1. The third-order valence-electron chi connectivity index (χ3n) is 3.46. The van der Waals surface area contributed by atoms with Gasteiger partial charge in [0.1, 0.15) is 11.4 Å². The maximum absolute atomic E-state index is 12.8. The number of methoxy groups -OCH3 is 1. The van der Waals surface area contributed by atoms with Crippen molar-refractivity contribution in [3.05, 3.63) is 60.2 Å². The van der Waals surface area contributed by atoms with E-state index in [2.05, 4.69) is 15.5 Å². The molecule has 2 heterocycles. The second-order valence-electron chi connectivity index (χ2n) is 5.17. The van der Waals surface area contributed by atoms with E-state index in [-0.39, 0.29) is 5.69 Å². The van der Waals surface area contributed by atoms with E-state index < -0.39 is 12.5 Å². The number of benzene rings is 1. The van der Waals surface area contributed by atoms with Crippen molar-refractivity contribution in [1.82, 2.24) is 19.6 Å². The number of carbonyl (C=O) groups excluding carboxylic acids is 1. The Kier molecular flexibility index (Phi) is 4.73. The summed E-state index contributed by atoms with van der Waals surface area (Å²) in [5, 5.41) is 10.1. The average molecular weight is 347 g/mol. The van der Waals surface area contributed by atoms with Crippen LogP contribution in [0.3, 0.4) is 0 Å².